The van der Waals surface area contributed by atoms with Crippen LogP contribution in [0.2, 0.25) is 0 Å². The predicted octanol–water partition coefficient (Wildman–Crippen LogP) is 0.610. The quantitative estimate of drug-likeness (QED) is 0.747. The van der Waals surface area contributed by atoms with Crippen LogP contribution >= 0.6 is 0 Å². The lowest BCUT2D eigenvalue weighted by Gasteiger charge is -2.06. The summed E-state index contributed by atoms with van der Waals surface area (Å²) in [5.41, 5.74) is 3.73. The van der Waals surface area contributed by atoms with Crippen molar-refractivity contribution in [3.63, 3.8) is 0 Å². The summed E-state index contributed by atoms with van der Waals surface area (Å²) in [7, 11) is 1.15. The molecule has 3 N–H and O–H groups in total. The highest BCUT2D eigenvalue weighted by Gasteiger charge is 2.15. The van der Waals surface area contributed by atoms with Crippen LogP contribution in [-0.2, 0) is 16.0 Å². The van der Waals surface area contributed by atoms with Crippen molar-refractivity contribution in [2.75, 3.05) is 12.8 Å². The number of ether oxygens (including phenoxy) is 1. The number of hydrogen-bond acceptors (Lipinski definition) is 4. The number of nitrogen functional groups attached to an aromatic ring is 1. The topological polar surface area (TPSA) is 85.2 Å². The zero-order chi connectivity index (χ0) is 12.3. The molecule has 1 aromatic heterocycles. The number of nitrogens with one attached hydrogen (secondary N) is 1. The Morgan fingerprint density at radius 1 is 1.62 bits per heavy atom. The van der Waals surface area contributed by atoms with E-state index in [1.165, 1.54) is 0 Å². The summed E-state index contributed by atoms with van der Waals surface area (Å²) in [6.07, 6.45) is -3.14. The zero-order valence-corrected chi connectivity index (χ0v) is 8.42. The van der Waals surface area contributed by atoms with Gasteiger partial charge >= 0.3 is 5.97 Å². The van der Waals surface area contributed by atoms with E-state index in [2.05, 4.69) is 4.74 Å². The molecular weight excluding hydrogens is 222 g/mol. The lowest BCUT2D eigenvalue weighted by Crippen LogP contribution is -2.19. The van der Waals surface area contributed by atoms with E-state index in [0.717, 1.165) is 13.2 Å². The van der Waals surface area contributed by atoms with Gasteiger partial charge in [0.05, 0.1) is 19.2 Å². The van der Waals surface area contributed by atoms with E-state index in [9.17, 15) is 18.4 Å². The first-order valence-corrected chi connectivity index (χ1v) is 4.32. The maximum absolute atomic E-state index is 12.4. The van der Waals surface area contributed by atoms with Gasteiger partial charge in [0, 0.05) is 0 Å². The van der Waals surface area contributed by atoms with Gasteiger partial charge in [-0.3, -0.25) is 9.59 Å². The van der Waals surface area contributed by atoms with Gasteiger partial charge in [0.2, 0.25) is 0 Å². The summed E-state index contributed by atoms with van der Waals surface area (Å²) in [6, 6.07) is 0.984. The summed E-state index contributed by atoms with van der Waals surface area (Å²) < 4.78 is 29.1. The van der Waals surface area contributed by atoms with Crippen molar-refractivity contribution >= 4 is 11.7 Å². The first-order valence-electron chi connectivity index (χ1n) is 4.32. The third-order valence-corrected chi connectivity index (χ3v) is 1.98. The number of esters is 1. The van der Waals surface area contributed by atoms with Crippen molar-refractivity contribution in [1.82, 2.24) is 4.98 Å². The Kier molecular flexibility index (Phi) is 3.60. The number of alkyl halides is 2. The number of hydrogen-bond donors (Lipinski definition) is 2. The van der Waals surface area contributed by atoms with Crippen LogP contribution in [0.1, 0.15) is 17.7 Å². The van der Waals surface area contributed by atoms with Gasteiger partial charge in [0.15, 0.2) is 0 Å². The average molecular weight is 232 g/mol. The van der Waals surface area contributed by atoms with Crippen LogP contribution < -0.4 is 11.3 Å². The number of pyridine rings is 1. The molecule has 0 bridgehead atoms. The predicted molar refractivity (Wildman–Crippen MR) is 52.2 cm³/mol. The molecule has 0 saturated heterocycles. The lowest BCUT2D eigenvalue weighted by molar-refractivity contribution is -0.139. The molecule has 0 atom stereocenters. The van der Waals surface area contributed by atoms with Crippen LogP contribution in [0.15, 0.2) is 10.9 Å². The molecule has 0 radical (unpaired) electrons. The molecular formula is C9H10F2N2O3. The van der Waals surface area contributed by atoms with Gasteiger partial charge in [-0.25, -0.2) is 8.78 Å². The number of aromatic nitrogens is 1. The largest absolute Gasteiger partial charge is 0.469 e. The second kappa shape index (κ2) is 4.73. The van der Waals surface area contributed by atoms with Crippen molar-refractivity contribution in [3.05, 3.63) is 27.7 Å². The molecule has 0 amide bonds. The number of methoxy groups -OCH3 is 1. The minimum Gasteiger partial charge on any atom is -0.469 e. The Morgan fingerprint density at radius 2 is 2.25 bits per heavy atom. The fraction of sp³-hybridized carbons (Fsp3) is 0.333. The Hall–Kier alpha value is -1.92. The average Bonchev–Trinajstić information content (AvgIpc) is 2.23. The molecule has 1 rings (SSSR count). The molecule has 0 aliphatic rings. The van der Waals surface area contributed by atoms with E-state index in [0.29, 0.717) is 0 Å². The van der Waals surface area contributed by atoms with Gasteiger partial charge in [-0.2, -0.15) is 0 Å². The van der Waals surface area contributed by atoms with E-state index in [-0.39, 0.29) is 17.7 Å². The summed E-state index contributed by atoms with van der Waals surface area (Å²) >= 11 is 0. The first-order chi connectivity index (χ1) is 7.45. The molecule has 5 nitrogen and oxygen atoms in total. The number of rotatable bonds is 3. The van der Waals surface area contributed by atoms with Gasteiger partial charge in [-0.15, -0.1) is 0 Å². The van der Waals surface area contributed by atoms with Gasteiger partial charge < -0.3 is 15.5 Å². The van der Waals surface area contributed by atoms with Crippen LogP contribution in [0.5, 0.6) is 0 Å². The molecule has 0 spiro atoms. The SMILES string of the molecule is COC(=O)Cc1cc(C(F)F)[nH]c(=O)c1N. The monoisotopic (exact) mass is 232 g/mol. The molecule has 1 heterocycles. The Morgan fingerprint density at radius 3 is 2.75 bits per heavy atom. The number of carbonyl (C=O) groups is 1. The van der Waals surface area contributed by atoms with Crippen molar-refractivity contribution in [2.24, 2.45) is 0 Å². The number of anilines is 1. The van der Waals surface area contributed by atoms with Crippen molar-refractivity contribution in [2.45, 2.75) is 12.8 Å². The minimum atomic E-state index is -2.83. The van der Waals surface area contributed by atoms with Crippen LogP contribution in [-0.4, -0.2) is 18.1 Å². The molecule has 0 fully saturated rings. The number of carbonyl (C=O) groups excluding carboxylic acids is 1. The van der Waals surface area contributed by atoms with Crippen molar-refractivity contribution < 1.29 is 18.3 Å². The fourth-order valence-corrected chi connectivity index (χ4v) is 1.14. The van der Waals surface area contributed by atoms with E-state index in [4.69, 9.17) is 5.73 Å². The van der Waals surface area contributed by atoms with Crippen LogP contribution in [0.4, 0.5) is 14.5 Å². The molecule has 0 saturated carbocycles. The Balaban J connectivity index is 3.17. The highest BCUT2D eigenvalue weighted by molar-refractivity contribution is 5.74. The maximum atomic E-state index is 12.4. The molecule has 16 heavy (non-hydrogen) atoms. The van der Waals surface area contributed by atoms with Crippen molar-refractivity contribution in [1.29, 1.82) is 0 Å². The third kappa shape index (κ3) is 2.56. The van der Waals surface area contributed by atoms with Crippen LogP contribution in [0.25, 0.3) is 0 Å². The second-order valence-corrected chi connectivity index (χ2v) is 3.05. The molecule has 0 unspecified atom stereocenters. The molecule has 0 aliphatic heterocycles. The van der Waals surface area contributed by atoms with E-state index < -0.39 is 23.6 Å². The van der Waals surface area contributed by atoms with Crippen LogP contribution in [0.3, 0.4) is 0 Å². The van der Waals surface area contributed by atoms with Gasteiger partial charge in [-0.05, 0) is 11.6 Å². The lowest BCUT2D eigenvalue weighted by atomic mass is 10.1. The van der Waals surface area contributed by atoms with E-state index in [1.807, 2.05) is 4.98 Å². The summed E-state index contributed by atoms with van der Waals surface area (Å²) in [5, 5.41) is 0. The third-order valence-electron chi connectivity index (χ3n) is 1.98. The maximum Gasteiger partial charge on any atom is 0.310 e. The molecule has 0 aliphatic carbocycles. The second-order valence-electron chi connectivity index (χ2n) is 3.05. The minimum absolute atomic E-state index is 0.0332. The molecule has 1 aromatic rings. The number of H-pyrrole nitrogens is 1. The van der Waals surface area contributed by atoms with E-state index >= 15 is 0 Å². The molecule has 0 aromatic carbocycles. The summed E-state index contributed by atoms with van der Waals surface area (Å²) in [6.45, 7) is 0. The Labute approximate surface area is 89.2 Å². The molecule has 88 valence electrons. The highest BCUT2D eigenvalue weighted by Crippen LogP contribution is 2.18. The Bertz CT molecular complexity index is 457. The summed E-state index contributed by atoms with van der Waals surface area (Å²) in [4.78, 5) is 24.0. The number of nitrogens with two attached hydrogens (primary N) is 1. The molecule has 7 heteroatoms. The van der Waals surface area contributed by atoms with Crippen LogP contribution in [0, 0.1) is 0 Å². The normalized spacial score (nSPS) is 10.5. The van der Waals surface area contributed by atoms with Gasteiger partial charge in [0.25, 0.3) is 12.0 Å². The number of halogens is 2. The number of aromatic amines is 1. The van der Waals surface area contributed by atoms with Gasteiger partial charge in [-0.1, -0.05) is 0 Å². The summed E-state index contributed by atoms with van der Waals surface area (Å²) in [5.74, 6) is -0.655. The standard InChI is InChI=1S/C9H10F2N2O3/c1-16-6(14)3-4-2-5(8(10)11)13-9(15)7(4)12/h2,8H,3,12H2,1H3,(H,13,15). The van der Waals surface area contributed by atoms with Crippen molar-refractivity contribution in [3.8, 4) is 0 Å². The highest BCUT2D eigenvalue weighted by atomic mass is 19.3. The van der Waals surface area contributed by atoms with E-state index in [1.54, 1.807) is 0 Å². The smallest absolute Gasteiger partial charge is 0.310 e. The zero-order valence-electron chi connectivity index (χ0n) is 8.42. The fourth-order valence-electron chi connectivity index (χ4n) is 1.14. The van der Waals surface area contributed by atoms with Gasteiger partial charge in [0.1, 0.15) is 5.69 Å². The first kappa shape index (κ1) is 12.2.